The summed E-state index contributed by atoms with van der Waals surface area (Å²) < 4.78 is 5.21. The number of carbonyl (C=O) groups is 1. The lowest BCUT2D eigenvalue weighted by molar-refractivity contribution is 0.0529. The van der Waals surface area contributed by atoms with Crippen molar-refractivity contribution < 1.29 is 9.53 Å². The van der Waals surface area contributed by atoms with Gasteiger partial charge in [0.05, 0.1) is 6.54 Å². The molecule has 3 N–H and O–H groups in total. The van der Waals surface area contributed by atoms with Crippen molar-refractivity contribution in [1.29, 1.82) is 0 Å². The Balaban J connectivity index is 0.00000676. The minimum absolute atomic E-state index is 0. The zero-order valence-corrected chi connectivity index (χ0v) is 20.0. The van der Waals surface area contributed by atoms with Gasteiger partial charge >= 0.3 is 6.09 Å². The van der Waals surface area contributed by atoms with E-state index in [2.05, 4.69) is 37.7 Å². The highest BCUT2D eigenvalue weighted by atomic mass is 127. The Morgan fingerprint density at radius 3 is 2.15 bits per heavy atom. The van der Waals surface area contributed by atoms with Gasteiger partial charge in [0.25, 0.3) is 0 Å². The number of halogens is 1. The van der Waals surface area contributed by atoms with E-state index in [9.17, 15) is 4.79 Å². The molecule has 160 valence electrons. The van der Waals surface area contributed by atoms with Crippen molar-refractivity contribution in [3.8, 4) is 0 Å². The first kappa shape index (κ1) is 26.2. The van der Waals surface area contributed by atoms with Gasteiger partial charge in [0.1, 0.15) is 5.60 Å². The molecule has 1 saturated heterocycles. The van der Waals surface area contributed by atoms with Crippen LogP contribution >= 0.6 is 24.0 Å². The molecule has 1 rings (SSSR count). The Bertz CT molecular complexity index is 434. The van der Waals surface area contributed by atoms with Crippen molar-refractivity contribution in [1.82, 2.24) is 25.8 Å². The van der Waals surface area contributed by atoms with Gasteiger partial charge in [0, 0.05) is 52.4 Å². The van der Waals surface area contributed by atoms with Crippen molar-refractivity contribution in [2.45, 2.75) is 40.2 Å². The summed E-state index contributed by atoms with van der Waals surface area (Å²) in [5.41, 5.74) is -0.476. The van der Waals surface area contributed by atoms with Gasteiger partial charge in [-0.1, -0.05) is 6.92 Å². The molecule has 1 aliphatic rings. The van der Waals surface area contributed by atoms with Gasteiger partial charge in [0.2, 0.25) is 0 Å². The van der Waals surface area contributed by atoms with Crippen molar-refractivity contribution >= 4 is 36.0 Å². The Morgan fingerprint density at radius 2 is 1.59 bits per heavy atom. The number of aliphatic imine (C=N–C) groups is 1. The summed E-state index contributed by atoms with van der Waals surface area (Å²) in [5, 5.41) is 9.20. The van der Waals surface area contributed by atoms with Crippen LogP contribution in [-0.4, -0.2) is 92.9 Å². The maximum atomic E-state index is 11.6. The highest BCUT2D eigenvalue weighted by Crippen LogP contribution is 2.06. The van der Waals surface area contributed by atoms with Crippen LogP contribution in [0.5, 0.6) is 0 Å². The zero-order valence-electron chi connectivity index (χ0n) is 17.6. The number of likely N-dealkylation sites (N-methyl/N-ethyl adjacent to an activating group) is 1. The van der Waals surface area contributed by atoms with Crippen molar-refractivity contribution in [3.05, 3.63) is 0 Å². The van der Waals surface area contributed by atoms with E-state index in [1.54, 1.807) is 0 Å². The Hall–Kier alpha value is -0.810. The summed E-state index contributed by atoms with van der Waals surface area (Å²) in [6.45, 7) is 19.1. The molecule has 0 aromatic rings. The van der Waals surface area contributed by atoms with E-state index in [4.69, 9.17) is 4.74 Å². The lowest BCUT2D eigenvalue weighted by Crippen LogP contribution is -2.47. The topological polar surface area (TPSA) is 81.2 Å². The van der Waals surface area contributed by atoms with E-state index >= 15 is 0 Å². The fourth-order valence-corrected chi connectivity index (χ4v) is 2.63. The highest BCUT2D eigenvalue weighted by Gasteiger charge is 2.16. The summed E-state index contributed by atoms with van der Waals surface area (Å²) in [5.74, 6) is 0.783. The van der Waals surface area contributed by atoms with Gasteiger partial charge in [-0.05, 0) is 34.2 Å². The largest absolute Gasteiger partial charge is 0.444 e. The number of carbonyl (C=O) groups excluding carboxylic acids is 1. The fourth-order valence-electron chi connectivity index (χ4n) is 2.63. The lowest BCUT2D eigenvalue weighted by Gasteiger charge is -2.33. The van der Waals surface area contributed by atoms with Gasteiger partial charge in [-0.15, -0.1) is 24.0 Å². The van der Waals surface area contributed by atoms with E-state index in [1.807, 2.05) is 27.7 Å². The standard InChI is InChI=1S/C18H38N6O2.HI/c1-6-19-16(20-8-9-22-17(25)26-18(3,4)5)21-10-11-24-14-12-23(7-2)13-15-24;/h6-15H2,1-5H3,(H,22,25)(H2,19,20,21);1H. The summed E-state index contributed by atoms with van der Waals surface area (Å²) in [7, 11) is 0. The van der Waals surface area contributed by atoms with Crippen LogP contribution < -0.4 is 16.0 Å². The number of hydrogen-bond acceptors (Lipinski definition) is 5. The average molecular weight is 498 g/mol. The molecule has 27 heavy (non-hydrogen) atoms. The maximum Gasteiger partial charge on any atom is 0.407 e. The van der Waals surface area contributed by atoms with Crippen LogP contribution in [0.25, 0.3) is 0 Å². The molecular formula is C18H39IN6O2. The van der Waals surface area contributed by atoms with Gasteiger partial charge < -0.3 is 25.6 Å². The van der Waals surface area contributed by atoms with Crippen molar-refractivity contribution in [3.63, 3.8) is 0 Å². The second kappa shape index (κ2) is 14.2. The first-order valence-corrected chi connectivity index (χ1v) is 9.77. The molecule has 0 atom stereocenters. The molecule has 0 saturated carbocycles. The Kier molecular flexibility index (Phi) is 13.8. The molecule has 8 nitrogen and oxygen atoms in total. The zero-order chi connectivity index (χ0) is 19.4. The van der Waals surface area contributed by atoms with Gasteiger partial charge in [-0.25, -0.2) is 4.79 Å². The third-order valence-electron chi connectivity index (χ3n) is 4.03. The van der Waals surface area contributed by atoms with Crippen molar-refractivity contribution in [2.75, 3.05) is 65.4 Å². The van der Waals surface area contributed by atoms with Gasteiger partial charge in [0.15, 0.2) is 5.96 Å². The molecule has 0 aromatic carbocycles. The number of amides is 1. The SMILES string of the molecule is CCNC(=NCCN1CCN(CC)CC1)NCCNC(=O)OC(C)(C)C.I. The number of alkyl carbamates (subject to hydrolysis) is 1. The summed E-state index contributed by atoms with van der Waals surface area (Å²) >= 11 is 0. The predicted octanol–water partition coefficient (Wildman–Crippen LogP) is 1.32. The van der Waals surface area contributed by atoms with Crippen LogP contribution in [0.4, 0.5) is 4.79 Å². The quantitative estimate of drug-likeness (QED) is 0.203. The first-order chi connectivity index (χ1) is 12.3. The monoisotopic (exact) mass is 498 g/mol. The van der Waals surface area contributed by atoms with Crippen LogP contribution in [0.3, 0.4) is 0 Å². The molecule has 0 bridgehead atoms. The summed E-state index contributed by atoms with van der Waals surface area (Å²) in [6.07, 6.45) is -0.396. The number of ether oxygens (including phenoxy) is 1. The van der Waals surface area contributed by atoms with E-state index in [-0.39, 0.29) is 24.0 Å². The van der Waals surface area contributed by atoms with E-state index in [1.165, 1.54) is 0 Å². The van der Waals surface area contributed by atoms with E-state index in [0.29, 0.717) is 13.1 Å². The number of rotatable bonds is 8. The molecule has 1 fully saturated rings. The average Bonchev–Trinajstić information content (AvgIpc) is 2.57. The summed E-state index contributed by atoms with van der Waals surface area (Å²) in [6, 6.07) is 0. The van der Waals surface area contributed by atoms with E-state index < -0.39 is 11.7 Å². The number of nitrogens with one attached hydrogen (secondary N) is 3. The highest BCUT2D eigenvalue weighted by molar-refractivity contribution is 14.0. The molecule has 9 heteroatoms. The number of nitrogens with zero attached hydrogens (tertiary/aromatic N) is 3. The maximum absolute atomic E-state index is 11.6. The molecule has 1 heterocycles. The Labute approximate surface area is 181 Å². The first-order valence-electron chi connectivity index (χ1n) is 9.77. The predicted molar refractivity (Wildman–Crippen MR) is 122 cm³/mol. The van der Waals surface area contributed by atoms with Gasteiger partial charge in [-0.3, -0.25) is 9.89 Å². The fraction of sp³-hybridized carbons (Fsp3) is 0.889. The molecule has 0 aromatic heterocycles. The molecule has 0 unspecified atom stereocenters. The smallest absolute Gasteiger partial charge is 0.407 e. The molecular weight excluding hydrogens is 459 g/mol. The minimum Gasteiger partial charge on any atom is -0.444 e. The molecule has 0 aliphatic carbocycles. The van der Waals surface area contributed by atoms with Crippen molar-refractivity contribution in [2.24, 2.45) is 4.99 Å². The number of guanidine groups is 1. The van der Waals surface area contributed by atoms with Gasteiger partial charge in [-0.2, -0.15) is 0 Å². The summed E-state index contributed by atoms with van der Waals surface area (Å²) in [4.78, 5) is 21.2. The van der Waals surface area contributed by atoms with Crippen LogP contribution in [0.15, 0.2) is 4.99 Å². The number of piperazine rings is 1. The van der Waals surface area contributed by atoms with Crippen LogP contribution in [0.2, 0.25) is 0 Å². The van der Waals surface area contributed by atoms with E-state index in [0.717, 1.165) is 58.3 Å². The normalized spacial score (nSPS) is 16.4. The molecule has 0 radical (unpaired) electrons. The second-order valence-corrected chi connectivity index (χ2v) is 7.39. The van der Waals surface area contributed by atoms with Crippen LogP contribution in [0.1, 0.15) is 34.6 Å². The molecule has 1 aliphatic heterocycles. The Morgan fingerprint density at radius 1 is 1.00 bits per heavy atom. The third-order valence-corrected chi connectivity index (χ3v) is 4.03. The number of hydrogen-bond donors (Lipinski definition) is 3. The third kappa shape index (κ3) is 13.1. The second-order valence-electron chi connectivity index (χ2n) is 7.39. The van der Waals surface area contributed by atoms with Crippen LogP contribution in [-0.2, 0) is 4.74 Å². The lowest BCUT2D eigenvalue weighted by atomic mass is 10.2. The minimum atomic E-state index is -0.476. The molecule has 1 amide bonds. The molecule has 0 spiro atoms. The van der Waals surface area contributed by atoms with Crippen LogP contribution in [0, 0.1) is 0 Å².